The molecule has 25 heavy (non-hydrogen) atoms. The molecule has 0 radical (unpaired) electrons. The van der Waals surface area contributed by atoms with Crippen molar-refractivity contribution >= 4 is 58.2 Å². The van der Waals surface area contributed by atoms with Crippen LogP contribution in [-0.2, 0) is 4.79 Å². The topological polar surface area (TPSA) is 38.3 Å². The zero-order chi connectivity index (χ0) is 18.2. The summed E-state index contributed by atoms with van der Waals surface area (Å²) in [5, 5.41) is 4.10. The predicted octanol–water partition coefficient (Wildman–Crippen LogP) is 6.18. The van der Waals surface area contributed by atoms with Gasteiger partial charge in [-0.1, -0.05) is 40.9 Å². The third kappa shape index (κ3) is 6.63. The minimum atomic E-state index is -0.220. The fourth-order valence-electron chi connectivity index (χ4n) is 1.96. The summed E-state index contributed by atoms with van der Waals surface area (Å²) < 4.78 is 5.62. The first kappa shape index (κ1) is 20.2. The Kier molecular flexibility index (Phi) is 8.24. The molecule has 0 saturated heterocycles. The normalized spacial score (nSPS) is 11.8. The molecule has 1 atom stereocenters. The van der Waals surface area contributed by atoms with Gasteiger partial charge in [-0.05, 0) is 55.5 Å². The summed E-state index contributed by atoms with van der Waals surface area (Å²) in [6, 6.07) is 12.4. The minimum Gasteiger partial charge on any atom is -0.494 e. The van der Waals surface area contributed by atoms with Crippen molar-refractivity contribution < 1.29 is 9.53 Å². The molecule has 7 heteroatoms. The van der Waals surface area contributed by atoms with Crippen LogP contribution in [0.5, 0.6) is 5.75 Å². The number of thioether (sulfide) groups is 1. The first-order valence-corrected chi connectivity index (χ1v) is 9.90. The maximum Gasteiger partial charge on any atom is 0.237 e. The van der Waals surface area contributed by atoms with Crippen molar-refractivity contribution in [2.45, 2.75) is 18.6 Å². The lowest BCUT2D eigenvalue weighted by molar-refractivity contribution is -0.115. The summed E-state index contributed by atoms with van der Waals surface area (Å²) in [7, 11) is 0. The van der Waals surface area contributed by atoms with Crippen LogP contribution >= 0.6 is 46.6 Å². The fraction of sp³-hybridized carbons (Fsp3) is 0.278. The van der Waals surface area contributed by atoms with E-state index in [4.69, 9.17) is 39.5 Å². The average Bonchev–Trinajstić information content (AvgIpc) is 2.59. The van der Waals surface area contributed by atoms with E-state index in [9.17, 15) is 4.79 Å². The van der Waals surface area contributed by atoms with E-state index in [2.05, 4.69) is 5.32 Å². The van der Waals surface area contributed by atoms with Gasteiger partial charge in [0.25, 0.3) is 0 Å². The molecule has 0 spiro atoms. The predicted molar refractivity (Wildman–Crippen MR) is 109 cm³/mol. The Balaban J connectivity index is 1.70. The molecule has 1 N–H and O–H groups in total. The Bertz CT molecular complexity index is 690. The largest absolute Gasteiger partial charge is 0.494 e. The van der Waals surface area contributed by atoms with Crippen LogP contribution < -0.4 is 10.1 Å². The number of nitrogens with one attached hydrogen (secondary N) is 1. The molecule has 0 bridgehead atoms. The molecule has 0 aliphatic heterocycles. The van der Waals surface area contributed by atoms with Crippen molar-refractivity contribution in [1.82, 2.24) is 0 Å². The van der Waals surface area contributed by atoms with Gasteiger partial charge in [-0.25, -0.2) is 0 Å². The van der Waals surface area contributed by atoms with Crippen molar-refractivity contribution in [3.8, 4) is 5.75 Å². The molecule has 2 aromatic carbocycles. The lowest BCUT2D eigenvalue weighted by atomic mass is 10.3. The molecule has 0 aliphatic carbocycles. The van der Waals surface area contributed by atoms with Gasteiger partial charge in [-0.15, -0.1) is 11.8 Å². The second-order valence-corrected chi connectivity index (χ2v) is 7.95. The maximum absolute atomic E-state index is 12.2. The van der Waals surface area contributed by atoms with E-state index in [1.54, 1.807) is 42.1 Å². The first-order chi connectivity index (χ1) is 12.0. The highest BCUT2D eigenvalue weighted by atomic mass is 35.5. The van der Waals surface area contributed by atoms with E-state index in [1.807, 2.05) is 19.1 Å². The van der Waals surface area contributed by atoms with Crippen molar-refractivity contribution in [3.63, 3.8) is 0 Å². The number of hydrogen-bond donors (Lipinski definition) is 1. The summed E-state index contributed by atoms with van der Waals surface area (Å²) >= 11 is 19.5. The number of benzene rings is 2. The summed E-state index contributed by atoms with van der Waals surface area (Å²) in [5.74, 6) is 1.46. The van der Waals surface area contributed by atoms with Crippen LogP contribution in [-0.4, -0.2) is 23.5 Å². The summed E-state index contributed by atoms with van der Waals surface area (Å²) in [4.78, 5) is 12.2. The fourth-order valence-corrected chi connectivity index (χ4v) is 3.42. The lowest BCUT2D eigenvalue weighted by Crippen LogP contribution is -2.23. The molecule has 0 aromatic heterocycles. The van der Waals surface area contributed by atoms with E-state index in [0.29, 0.717) is 27.4 Å². The van der Waals surface area contributed by atoms with Gasteiger partial charge in [0, 0.05) is 5.02 Å². The van der Waals surface area contributed by atoms with Gasteiger partial charge >= 0.3 is 0 Å². The molecular weight excluding hydrogens is 401 g/mol. The molecule has 0 fully saturated rings. The summed E-state index contributed by atoms with van der Waals surface area (Å²) in [6.45, 7) is 2.43. The van der Waals surface area contributed by atoms with Gasteiger partial charge in [0.1, 0.15) is 5.75 Å². The van der Waals surface area contributed by atoms with Gasteiger partial charge in [-0.3, -0.25) is 4.79 Å². The third-order valence-corrected chi connectivity index (χ3v) is 5.44. The highest BCUT2D eigenvalue weighted by Crippen LogP contribution is 2.30. The number of rotatable bonds is 8. The minimum absolute atomic E-state index is 0.126. The molecule has 0 aliphatic rings. The molecule has 2 aromatic rings. The van der Waals surface area contributed by atoms with E-state index in [1.165, 1.54) is 0 Å². The standard InChI is InChI=1S/C18H18Cl3NO2S/c1-12(18(23)22-17-15(20)4-2-5-16(17)21)25-11-3-10-24-14-8-6-13(19)7-9-14/h2,4-9,12H,3,10-11H2,1H3,(H,22,23)/t12-/m1/s1. The number of amides is 1. The summed E-state index contributed by atoms with van der Waals surface area (Å²) in [6.07, 6.45) is 0.831. The van der Waals surface area contributed by atoms with Gasteiger partial charge in [-0.2, -0.15) is 0 Å². The molecule has 3 nitrogen and oxygen atoms in total. The van der Waals surface area contributed by atoms with Crippen LogP contribution in [0.2, 0.25) is 15.1 Å². The quantitative estimate of drug-likeness (QED) is 0.520. The number of carbonyl (C=O) groups excluding carboxylic acids is 1. The van der Waals surface area contributed by atoms with Gasteiger partial charge in [0.05, 0.1) is 27.6 Å². The molecule has 1 amide bonds. The number of hydrogen-bond acceptors (Lipinski definition) is 3. The van der Waals surface area contributed by atoms with E-state index >= 15 is 0 Å². The molecule has 0 unspecified atom stereocenters. The summed E-state index contributed by atoms with van der Waals surface area (Å²) in [5.41, 5.74) is 0.453. The van der Waals surface area contributed by atoms with Crippen LogP contribution in [0.4, 0.5) is 5.69 Å². The zero-order valence-corrected chi connectivity index (χ0v) is 16.7. The first-order valence-electron chi connectivity index (χ1n) is 7.72. The van der Waals surface area contributed by atoms with Crippen molar-refractivity contribution in [1.29, 1.82) is 0 Å². The molecule has 2 rings (SSSR count). The van der Waals surface area contributed by atoms with Crippen LogP contribution in [0.3, 0.4) is 0 Å². The number of ether oxygens (including phenoxy) is 1. The maximum atomic E-state index is 12.2. The monoisotopic (exact) mass is 417 g/mol. The molecule has 134 valence electrons. The number of para-hydroxylation sites is 1. The second-order valence-electron chi connectivity index (χ2n) is 5.25. The number of halogens is 3. The lowest BCUT2D eigenvalue weighted by Gasteiger charge is -2.14. The van der Waals surface area contributed by atoms with Gasteiger partial charge < -0.3 is 10.1 Å². The second kappa shape index (κ2) is 10.2. The highest BCUT2D eigenvalue weighted by Gasteiger charge is 2.16. The Morgan fingerprint density at radius 1 is 1.12 bits per heavy atom. The number of anilines is 1. The molecular formula is C18H18Cl3NO2S. The SMILES string of the molecule is C[C@@H](SCCCOc1ccc(Cl)cc1)C(=O)Nc1c(Cl)cccc1Cl. The van der Waals surface area contributed by atoms with Crippen molar-refractivity contribution in [2.24, 2.45) is 0 Å². The number of carbonyl (C=O) groups is 1. The zero-order valence-electron chi connectivity index (χ0n) is 13.6. The Morgan fingerprint density at radius 3 is 2.40 bits per heavy atom. The third-order valence-electron chi connectivity index (χ3n) is 3.32. The van der Waals surface area contributed by atoms with E-state index < -0.39 is 0 Å². The Hall–Kier alpha value is -1.07. The van der Waals surface area contributed by atoms with Crippen LogP contribution in [0.25, 0.3) is 0 Å². The molecule has 0 heterocycles. The van der Waals surface area contributed by atoms with Crippen molar-refractivity contribution in [2.75, 3.05) is 17.7 Å². The van der Waals surface area contributed by atoms with E-state index in [0.717, 1.165) is 17.9 Å². The molecule has 0 saturated carbocycles. The van der Waals surface area contributed by atoms with Crippen LogP contribution in [0.1, 0.15) is 13.3 Å². The van der Waals surface area contributed by atoms with E-state index in [-0.39, 0.29) is 11.2 Å². The van der Waals surface area contributed by atoms with Crippen molar-refractivity contribution in [3.05, 3.63) is 57.5 Å². The Labute approximate surface area is 167 Å². The average molecular weight is 419 g/mol. The van der Waals surface area contributed by atoms with Crippen LogP contribution in [0, 0.1) is 0 Å². The smallest absolute Gasteiger partial charge is 0.237 e. The Morgan fingerprint density at radius 2 is 1.76 bits per heavy atom. The highest BCUT2D eigenvalue weighted by molar-refractivity contribution is 8.00. The van der Waals surface area contributed by atoms with Gasteiger partial charge in [0.2, 0.25) is 5.91 Å². The van der Waals surface area contributed by atoms with Crippen LogP contribution in [0.15, 0.2) is 42.5 Å². The van der Waals surface area contributed by atoms with Gasteiger partial charge in [0.15, 0.2) is 0 Å².